The summed E-state index contributed by atoms with van der Waals surface area (Å²) in [4.78, 5) is 0. The maximum absolute atomic E-state index is 5.11. The number of nitrogens with one attached hydrogen (secondary N) is 1. The first kappa shape index (κ1) is 13.4. The van der Waals surface area contributed by atoms with Gasteiger partial charge in [0.15, 0.2) is 0 Å². The second-order valence-electron chi connectivity index (χ2n) is 2.47. The molecule has 0 aromatic heterocycles. The minimum atomic E-state index is 0. The maximum atomic E-state index is 5.11. The first-order valence-electron chi connectivity index (χ1n) is 4.00. The minimum absolute atomic E-state index is 0. The van der Waals surface area contributed by atoms with Crippen molar-refractivity contribution < 1.29 is 0 Å². The highest BCUT2D eigenvalue weighted by Gasteiger charge is 1.86. The Kier molecular flexibility index (Phi) is 15.2. The molecule has 0 aliphatic heterocycles. The summed E-state index contributed by atoms with van der Waals surface area (Å²) in [5.74, 6) is 2.64. The van der Waals surface area contributed by atoms with Gasteiger partial charge in [-0.05, 0) is 26.4 Å². The molecule has 0 amide bonds. The van der Waals surface area contributed by atoms with E-state index in [0.29, 0.717) is 0 Å². The third kappa shape index (κ3) is 12.9. The van der Waals surface area contributed by atoms with Gasteiger partial charge in [0, 0.05) is 6.42 Å². The van der Waals surface area contributed by atoms with E-state index >= 15 is 0 Å². The average Bonchev–Trinajstić information content (AvgIpc) is 1.97. The second kappa shape index (κ2) is 12.5. The molecule has 0 saturated carbocycles. The van der Waals surface area contributed by atoms with Crippen LogP contribution in [-0.4, -0.2) is 13.6 Å². The largest absolute Gasteiger partial charge is 0.320 e. The predicted octanol–water partition coefficient (Wildman–Crippen LogP) is 2.21. The SMILES string of the molecule is C#CCCCCCCNC.Cl. The van der Waals surface area contributed by atoms with Gasteiger partial charge >= 0.3 is 0 Å². The summed E-state index contributed by atoms with van der Waals surface area (Å²) in [6, 6.07) is 0. The van der Waals surface area contributed by atoms with Gasteiger partial charge in [0.25, 0.3) is 0 Å². The van der Waals surface area contributed by atoms with E-state index in [1.54, 1.807) is 0 Å². The van der Waals surface area contributed by atoms with Crippen LogP contribution in [0.5, 0.6) is 0 Å². The van der Waals surface area contributed by atoms with Gasteiger partial charge in [-0.25, -0.2) is 0 Å². The summed E-state index contributed by atoms with van der Waals surface area (Å²) < 4.78 is 0. The molecular weight excluding hydrogens is 158 g/mol. The van der Waals surface area contributed by atoms with Crippen LogP contribution in [0.2, 0.25) is 0 Å². The summed E-state index contributed by atoms with van der Waals surface area (Å²) in [6.45, 7) is 1.13. The normalized spacial score (nSPS) is 8.36. The third-order valence-corrected chi connectivity index (χ3v) is 1.50. The summed E-state index contributed by atoms with van der Waals surface area (Å²) in [6.07, 6.45) is 11.1. The van der Waals surface area contributed by atoms with Gasteiger partial charge in [-0.2, -0.15) is 0 Å². The predicted molar refractivity (Wildman–Crippen MR) is 53.1 cm³/mol. The van der Waals surface area contributed by atoms with E-state index in [1.165, 1.54) is 25.7 Å². The van der Waals surface area contributed by atoms with E-state index in [1.807, 2.05) is 7.05 Å². The van der Waals surface area contributed by atoms with Crippen LogP contribution in [0, 0.1) is 12.3 Å². The lowest BCUT2D eigenvalue weighted by Gasteiger charge is -1.97. The van der Waals surface area contributed by atoms with Crippen molar-refractivity contribution in [3.63, 3.8) is 0 Å². The Morgan fingerprint density at radius 2 is 1.82 bits per heavy atom. The third-order valence-electron chi connectivity index (χ3n) is 1.50. The fourth-order valence-corrected chi connectivity index (χ4v) is 0.882. The summed E-state index contributed by atoms with van der Waals surface area (Å²) in [5.41, 5.74) is 0. The fraction of sp³-hybridized carbons (Fsp3) is 0.778. The quantitative estimate of drug-likeness (QED) is 0.482. The van der Waals surface area contributed by atoms with Gasteiger partial charge in [0.05, 0.1) is 0 Å². The molecule has 0 saturated heterocycles. The first-order chi connectivity index (χ1) is 4.91. The molecule has 0 atom stereocenters. The molecular formula is C9H18ClN. The van der Waals surface area contributed by atoms with Gasteiger partial charge in [-0.3, -0.25) is 0 Å². The molecule has 66 valence electrons. The highest BCUT2D eigenvalue weighted by atomic mass is 35.5. The zero-order chi connectivity index (χ0) is 7.66. The van der Waals surface area contributed by atoms with Crippen molar-refractivity contribution in [2.45, 2.75) is 32.1 Å². The lowest BCUT2D eigenvalue weighted by atomic mass is 10.1. The number of hydrogen-bond donors (Lipinski definition) is 1. The van der Waals surface area contributed by atoms with Crippen molar-refractivity contribution in [1.82, 2.24) is 5.32 Å². The summed E-state index contributed by atoms with van der Waals surface area (Å²) >= 11 is 0. The van der Waals surface area contributed by atoms with E-state index in [-0.39, 0.29) is 12.4 Å². The summed E-state index contributed by atoms with van der Waals surface area (Å²) in [7, 11) is 1.99. The van der Waals surface area contributed by atoms with E-state index in [2.05, 4.69) is 11.2 Å². The molecule has 1 nitrogen and oxygen atoms in total. The maximum Gasteiger partial charge on any atom is 0.00860 e. The molecule has 0 aromatic rings. The summed E-state index contributed by atoms with van der Waals surface area (Å²) in [5, 5.41) is 3.12. The Hall–Kier alpha value is -0.190. The van der Waals surface area contributed by atoms with Gasteiger partial charge < -0.3 is 5.32 Å². The van der Waals surface area contributed by atoms with Crippen LogP contribution in [0.15, 0.2) is 0 Å². The van der Waals surface area contributed by atoms with Crippen LogP contribution in [0.1, 0.15) is 32.1 Å². The molecule has 0 aliphatic carbocycles. The van der Waals surface area contributed by atoms with Crippen molar-refractivity contribution in [3.05, 3.63) is 0 Å². The average molecular weight is 176 g/mol. The zero-order valence-corrected chi connectivity index (χ0v) is 8.04. The van der Waals surface area contributed by atoms with Crippen LogP contribution >= 0.6 is 12.4 Å². The molecule has 1 N–H and O–H groups in total. The lowest BCUT2D eigenvalue weighted by molar-refractivity contribution is 0.623. The molecule has 0 rings (SSSR count). The van der Waals surface area contributed by atoms with E-state index in [0.717, 1.165) is 13.0 Å². The Morgan fingerprint density at radius 3 is 2.36 bits per heavy atom. The molecule has 0 fully saturated rings. The van der Waals surface area contributed by atoms with Crippen molar-refractivity contribution in [2.75, 3.05) is 13.6 Å². The van der Waals surface area contributed by atoms with Gasteiger partial charge in [-0.15, -0.1) is 24.8 Å². The number of unbranched alkanes of at least 4 members (excludes halogenated alkanes) is 4. The lowest BCUT2D eigenvalue weighted by Crippen LogP contribution is -2.06. The minimum Gasteiger partial charge on any atom is -0.320 e. The molecule has 0 heterocycles. The van der Waals surface area contributed by atoms with Crippen molar-refractivity contribution in [1.29, 1.82) is 0 Å². The highest BCUT2D eigenvalue weighted by Crippen LogP contribution is 2.00. The van der Waals surface area contributed by atoms with E-state index in [9.17, 15) is 0 Å². The Morgan fingerprint density at radius 1 is 1.18 bits per heavy atom. The zero-order valence-electron chi connectivity index (χ0n) is 7.23. The van der Waals surface area contributed by atoms with Crippen LogP contribution in [0.25, 0.3) is 0 Å². The van der Waals surface area contributed by atoms with Crippen LogP contribution < -0.4 is 5.32 Å². The van der Waals surface area contributed by atoms with E-state index < -0.39 is 0 Å². The Labute approximate surface area is 76.4 Å². The smallest absolute Gasteiger partial charge is 0.00860 e. The van der Waals surface area contributed by atoms with Crippen LogP contribution in [0.3, 0.4) is 0 Å². The number of rotatable bonds is 6. The topological polar surface area (TPSA) is 12.0 Å². The molecule has 11 heavy (non-hydrogen) atoms. The number of halogens is 1. The van der Waals surface area contributed by atoms with Crippen molar-refractivity contribution in [2.24, 2.45) is 0 Å². The second-order valence-corrected chi connectivity index (χ2v) is 2.47. The monoisotopic (exact) mass is 175 g/mol. The van der Waals surface area contributed by atoms with Crippen LogP contribution in [0.4, 0.5) is 0 Å². The van der Waals surface area contributed by atoms with Gasteiger partial charge in [0.1, 0.15) is 0 Å². The van der Waals surface area contributed by atoms with Crippen LogP contribution in [-0.2, 0) is 0 Å². The molecule has 2 heteroatoms. The first-order valence-corrected chi connectivity index (χ1v) is 4.00. The van der Waals surface area contributed by atoms with Gasteiger partial charge in [-0.1, -0.05) is 12.8 Å². The fourth-order valence-electron chi connectivity index (χ4n) is 0.882. The van der Waals surface area contributed by atoms with Gasteiger partial charge in [0.2, 0.25) is 0 Å². The molecule has 0 aromatic carbocycles. The van der Waals surface area contributed by atoms with Crippen molar-refractivity contribution >= 4 is 12.4 Å². The highest BCUT2D eigenvalue weighted by molar-refractivity contribution is 5.85. The number of terminal acetylenes is 1. The molecule has 0 unspecified atom stereocenters. The number of hydrogen-bond acceptors (Lipinski definition) is 1. The Bertz CT molecular complexity index is 96.2. The van der Waals surface area contributed by atoms with E-state index in [4.69, 9.17) is 6.42 Å². The molecule has 0 bridgehead atoms. The molecule has 0 radical (unpaired) electrons. The Balaban J connectivity index is 0. The molecule has 0 spiro atoms. The molecule has 0 aliphatic rings. The standard InChI is InChI=1S/C9H17N.ClH/c1-3-4-5-6-7-8-9-10-2;/h1,10H,4-9H2,2H3;1H. The van der Waals surface area contributed by atoms with Crippen molar-refractivity contribution in [3.8, 4) is 12.3 Å².